The number of hydrogen-bond donors (Lipinski definition) is 3. The largest absolute Gasteiger partial charge is 0.394 e. The van der Waals surface area contributed by atoms with Gasteiger partial charge in [0.1, 0.15) is 11.6 Å². The number of ether oxygens (including phenoxy) is 1. The Morgan fingerprint density at radius 3 is 2.55 bits per heavy atom. The molecule has 3 saturated heterocycles. The number of rotatable bonds is 9. The summed E-state index contributed by atoms with van der Waals surface area (Å²) in [4.78, 5) is 43.3. The van der Waals surface area contributed by atoms with E-state index in [1.54, 1.807) is 4.90 Å². The molecule has 0 aromatic heterocycles. The topological polar surface area (TPSA) is 108 Å². The summed E-state index contributed by atoms with van der Waals surface area (Å²) in [6.07, 6.45) is 2.60. The van der Waals surface area contributed by atoms with E-state index in [1.165, 1.54) is 0 Å². The molecule has 0 saturated carbocycles. The number of carbonyl (C=O) groups is 3. The van der Waals surface area contributed by atoms with Gasteiger partial charge in [0.25, 0.3) is 0 Å². The maximum atomic E-state index is 14.2. The number of anilines is 1. The Labute approximate surface area is 224 Å². The van der Waals surface area contributed by atoms with Gasteiger partial charge in [-0.05, 0) is 55.0 Å². The molecule has 7 atom stereocenters. The van der Waals surface area contributed by atoms with E-state index in [2.05, 4.69) is 10.6 Å². The fourth-order valence-electron chi connectivity index (χ4n) is 7.07. The number of amides is 3. The average Bonchev–Trinajstić information content (AvgIpc) is 3.48. The van der Waals surface area contributed by atoms with Crippen LogP contribution in [0.15, 0.2) is 42.5 Å². The van der Waals surface area contributed by atoms with E-state index in [0.717, 1.165) is 23.6 Å². The number of nitrogens with one attached hydrogen (secondary N) is 2. The first-order valence-corrected chi connectivity index (χ1v) is 13.9. The Morgan fingerprint density at radius 1 is 1.13 bits per heavy atom. The first-order chi connectivity index (χ1) is 18.2. The van der Waals surface area contributed by atoms with E-state index in [-0.39, 0.29) is 30.2 Å². The van der Waals surface area contributed by atoms with Crippen molar-refractivity contribution in [2.75, 3.05) is 18.5 Å². The van der Waals surface area contributed by atoms with E-state index in [1.807, 2.05) is 70.2 Å². The quantitative estimate of drug-likeness (QED) is 0.468. The zero-order valence-electron chi connectivity index (χ0n) is 22.7. The molecule has 3 aliphatic heterocycles. The lowest BCUT2D eigenvalue weighted by atomic mass is 9.66. The standard InChI is InChI=1S/C30H39N3O5/c1-5-15-31-26(35)23-24-28(37)33(22(17-34)18(3)6-2)25(30(24)14-13-29(23,4)38-30)27(36)32-21-12-11-19-9-7-8-10-20(19)16-21/h7-12,16,18,22-25,34H,5-6,13-15,17H2,1-4H3,(H,31,35)(H,32,36)/t18-,22-,23-,24-,25?,29+,30?/m0/s1. The summed E-state index contributed by atoms with van der Waals surface area (Å²) in [6.45, 7) is 8.09. The highest BCUT2D eigenvalue weighted by Gasteiger charge is 2.78. The van der Waals surface area contributed by atoms with Gasteiger partial charge < -0.3 is 25.4 Å². The van der Waals surface area contributed by atoms with Gasteiger partial charge in [-0.2, -0.15) is 0 Å². The molecule has 204 valence electrons. The molecule has 5 rings (SSSR count). The first kappa shape index (κ1) is 26.6. The second kappa shape index (κ2) is 9.97. The van der Waals surface area contributed by atoms with Gasteiger partial charge in [0.2, 0.25) is 17.7 Å². The SMILES string of the molecule is CCCNC(=O)[C@@H]1[C@H]2C(=O)N([C@@H](CO)[C@@H](C)CC)C(C(=O)Nc3ccc4ccccc4c3)C23CC[C@@]1(C)O3. The maximum absolute atomic E-state index is 14.2. The van der Waals surface area contributed by atoms with E-state index in [9.17, 15) is 19.5 Å². The summed E-state index contributed by atoms with van der Waals surface area (Å²) in [5, 5.41) is 18.5. The van der Waals surface area contributed by atoms with Crippen molar-refractivity contribution in [2.24, 2.45) is 17.8 Å². The third kappa shape index (κ3) is 4.00. The van der Waals surface area contributed by atoms with Crippen molar-refractivity contribution in [3.05, 3.63) is 42.5 Å². The Morgan fingerprint density at radius 2 is 1.87 bits per heavy atom. The van der Waals surface area contributed by atoms with Gasteiger partial charge in [0, 0.05) is 12.2 Å². The molecule has 3 fully saturated rings. The fourth-order valence-corrected chi connectivity index (χ4v) is 7.07. The van der Waals surface area contributed by atoms with Gasteiger partial charge in [-0.1, -0.05) is 57.5 Å². The predicted molar refractivity (Wildman–Crippen MR) is 145 cm³/mol. The molecule has 0 aliphatic carbocycles. The van der Waals surface area contributed by atoms with Crippen LogP contribution in [0.5, 0.6) is 0 Å². The molecule has 2 bridgehead atoms. The minimum atomic E-state index is -1.12. The van der Waals surface area contributed by atoms with E-state index in [4.69, 9.17) is 4.74 Å². The molecule has 8 heteroatoms. The second-order valence-electron chi connectivity index (χ2n) is 11.5. The molecule has 3 N–H and O–H groups in total. The number of nitrogens with zero attached hydrogens (tertiary/aromatic N) is 1. The highest BCUT2D eigenvalue weighted by atomic mass is 16.5. The smallest absolute Gasteiger partial charge is 0.250 e. The highest BCUT2D eigenvalue weighted by molar-refractivity contribution is 6.04. The summed E-state index contributed by atoms with van der Waals surface area (Å²) in [6, 6.07) is 12.1. The third-order valence-electron chi connectivity index (χ3n) is 9.16. The molecule has 0 radical (unpaired) electrons. The Hall–Kier alpha value is -2.97. The van der Waals surface area contributed by atoms with Crippen LogP contribution in [0.1, 0.15) is 53.4 Å². The molecule has 38 heavy (non-hydrogen) atoms. The van der Waals surface area contributed by atoms with Crippen molar-refractivity contribution < 1.29 is 24.2 Å². The summed E-state index contributed by atoms with van der Waals surface area (Å²) in [7, 11) is 0. The highest BCUT2D eigenvalue weighted by Crippen LogP contribution is 2.63. The zero-order chi connectivity index (χ0) is 27.2. The Bertz CT molecular complexity index is 1250. The lowest BCUT2D eigenvalue weighted by Crippen LogP contribution is -2.57. The molecule has 1 spiro atoms. The summed E-state index contributed by atoms with van der Waals surface area (Å²) >= 11 is 0. The Balaban J connectivity index is 1.56. The van der Waals surface area contributed by atoms with E-state index >= 15 is 0 Å². The number of likely N-dealkylation sites (tertiary alicyclic amines) is 1. The van der Waals surface area contributed by atoms with Gasteiger partial charge in [-0.25, -0.2) is 0 Å². The van der Waals surface area contributed by atoms with Crippen LogP contribution in [-0.2, 0) is 19.1 Å². The van der Waals surface area contributed by atoms with Crippen LogP contribution in [0, 0.1) is 17.8 Å². The lowest BCUT2D eigenvalue weighted by molar-refractivity contribution is -0.149. The van der Waals surface area contributed by atoms with Gasteiger partial charge >= 0.3 is 0 Å². The van der Waals surface area contributed by atoms with Crippen LogP contribution in [0.2, 0.25) is 0 Å². The molecule has 2 aromatic carbocycles. The zero-order valence-corrected chi connectivity index (χ0v) is 22.7. The van der Waals surface area contributed by atoms with Gasteiger partial charge in [0.15, 0.2) is 0 Å². The number of aliphatic hydroxyl groups excluding tert-OH is 1. The van der Waals surface area contributed by atoms with E-state index < -0.39 is 35.1 Å². The van der Waals surface area contributed by atoms with Gasteiger partial charge in [-0.3, -0.25) is 14.4 Å². The van der Waals surface area contributed by atoms with Crippen molar-refractivity contribution in [1.29, 1.82) is 0 Å². The van der Waals surface area contributed by atoms with Crippen molar-refractivity contribution in [3.8, 4) is 0 Å². The minimum Gasteiger partial charge on any atom is -0.394 e. The van der Waals surface area contributed by atoms with Crippen molar-refractivity contribution >= 4 is 34.2 Å². The van der Waals surface area contributed by atoms with Crippen LogP contribution < -0.4 is 10.6 Å². The van der Waals surface area contributed by atoms with E-state index in [0.29, 0.717) is 25.1 Å². The first-order valence-electron chi connectivity index (χ1n) is 13.9. The number of benzene rings is 2. The van der Waals surface area contributed by atoms with Gasteiger partial charge in [-0.15, -0.1) is 0 Å². The second-order valence-corrected chi connectivity index (χ2v) is 11.5. The normalized spacial score (nSPS) is 31.3. The molecule has 3 aliphatic rings. The summed E-state index contributed by atoms with van der Waals surface area (Å²) < 4.78 is 6.67. The average molecular weight is 522 g/mol. The van der Waals surface area contributed by atoms with Crippen molar-refractivity contribution in [3.63, 3.8) is 0 Å². The molecule has 8 nitrogen and oxygen atoms in total. The predicted octanol–water partition coefficient (Wildman–Crippen LogP) is 3.48. The van der Waals surface area contributed by atoms with Crippen LogP contribution in [-0.4, -0.2) is 64.2 Å². The molecule has 3 amide bonds. The number of fused-ring (bicyclic) bond motifs is 2. The van der Waals surface area contributed by atoms with Crippen LogP contribution in [0.4, 0.5) is 5.69 Å². The minimum absolute atomic E-state index is 0.0460. The maximum Gasteiger partial charge on any atom is 0.250 e. The number of carbonyl (C=O) groups excluding carboxylic acids is 3. The fraction of sp³-hybridized carbons (Fsp3) is 0.567. The molecular weight excluding hydrogens is 482 g/mol. The summed E-state index contributed by atoms with van der Waals surface area (Å²) in [5.74, 6) is -2.33. The number of aliphatic hydroxyl groups is 1. The van der Waals surface area contributed by atoms with Crippen molar-refractivity contribution in [2.45, 2.75) is 76.7 Å². The van der Waals surface area contributed by atoms with Crippen LogP contribution in [0.25, 0.3) is 10.8 Å². The van der Waals surface area contributed by atoms with Crippen LogP contribution in [0.3, 0.4) is 0 Å². The van der Waals surface area contributed by atoms with Crippen molar-refractivity contribution in [1.82, 2.24) is 10.2 Å². The molecular formula is C30H39N3O5. The van der Waals surface area contributed by atoms with Gasteiger partial charge in [0.05, 0.1) is 30.1 Å². The molecule has 2 aromatic rings. The third-order valence-corrected chi connectivity index (χ3v) is 9.16. The lowest BCUT2D eigenvalue weighted by Gasteiger charge is -2.39. The molecule has 3 heterocycles. The Kier molecular flexibility index (Phi) is 6.99. The van der Waals surface area contributed by atoms with Crippen LogP contribution >= 0.6 is 0 Å². The summed E-state index contributed by atoms with van der Waals surface area (Å²) in [5.41, 5.74) is -1.32. The monoisotopic (exact) mass is 521 g/mol. The molecule has 2 unspecified atom stereocenters. The number of hydrogen-bond acceptors (Lipinski definition) is 5.